The largest absolute Gasteiger partial charge is 0.508 e. The number of hydrogen-bond acceptors (Lipinski definition) is 9. The van der Waals surface area contributed by atoms with Gasteiger partial charge in [-0.3, -0.25) is 19.2 Å². The van der Waals surface area contributed by atoms with Crippen LogP contribution >= 0.6 is 0 Å². The van der Waals surface area contributed by atoms with Gasteiger partial charge in [0.1, 0.15) is 22.8 Å². The molecule has 11 nitrogen and oxygen atoms in total. The number of aliphatic hydroxyl groups is 3. The standard InChI is InChI=1S/C31H33N3O8/c1-34(2)10-4-7-23(37)33-18-6-3-5-15(12-18)19-8-9-21(35)25-20(19)13-16-11-17-14-22(36)26(30(32)41)29(40)31(17,42)28(39)24(16)27(25)38/h3,5-6,8-9,12,16-17,35,38,40,42H,4,7,10-11,13-14H2,1-2H3,(H2,32,41)(H,33,37)/t16-,17+,31+/m1/s1. The maximum absolute atomic E-state index is 13.7. The van der Waals surface area contributed by atoms with Gasteiger partial charge in [0.2, 0.25) is 11.7 Å². The van der Waals surface area contributed by atoms with E-state index in [1.54, 1.807) is 24.3 Å². The first kappa shape index (κ1) is 29.0. The molecule has 220 valence electrons. The molecule has 11 heteroatoms. The monoisotopic (exact) mass is 575 g/mol. The average Bonchev–Trinajstić information content (AvgIpc) is 2.90. The van der Waals surface area contributed by atoms with E-state index in [4.69, 9.17) is 5.73 Å². The van der Waals surface area contributed by atoms with Crippen LogP contribution in [0.2, 0.25) is 0 Å². The van der Waals surface area contributed by atoms with Crippen molar-refractivity contribution < 1.29 is 39.6 Å². The first-order chi connectivity index (χ1) is 19.8. The lowest BCUT2D eigenvalue weighted by Crippen LogP contribution is -2.58. The predicted molar refractivity (Wildman–Crippen MR) is 153 cm³/mol. The molecule has 2 amide bonds. The number of phenolic OH excluding ortho intramolecular Hbond substituents is 1. The number of carbonyl (C=O) groups excluding carboxylic acids is 4. The van der Waals surface area contributed by atoms with E-state index in [0.717, 1.165) is 6.54 Å². The fraction of sp³-hybridized carbons (Fsp3) is 0.355. The molecule has 0 saturated heterocycles. The quantitative estimate of drug-likeness (QED) is 0.269. The van der Waals surface area contributed by atoms with Crippen molar-refractivity contribution in [1.29, 1.82) is 0 Å². The number of carbonyl (C=O) groups is 4. The van der Waals surface area contributed by atoms with Gasteiger partial charge >= 0.3 is 0 Å². The third kappa shape index (κ3) is 4.74. The van der Waals surface area contributed by atoms with Crippen LogP contribution in [-0.4, -0.2) is 74.9 Å². The molecule has 5 rings (SSSR count). The van der Waals surface area contributed by atoms with Gasteiger partial charge in [-0.25, -0.2) is 0 Å². The summed E-state index contributed by atoms with van der Waals surface area (Å²) in [7, 11) is 3.88. The first-order valence-electron chi connectivity index (χ1n) is 13.7. The van der Waals surface area contributed by atoms with Crippen molar-refractivity contribution in [2.75, 3.05) is 26.0 Å². The second-order valence-electron chi connectivity index (χ2n) is 11.4. The second kappa shape index (κ2) is 10.7. The third-order valence-electron chi connectivity index (χ3n) is 8.41. The molecule has 0 spiro atoms. The van der Waals surface area contributed by atoms with Crippen LogP contribution in [0.1, 0.15) is 36.8 Å². The Labute approximate surface area is 241 Å². The molecule has 0 bridgehead atoms. The topological polar surface area (TPSA) is 190 Å². The van der Waals surface area contributed by atoms with Crippen LogP contribution in [0.15, 0.2) is 53.3 Å². The van der Waals surface area contributed by atoms with Crippen molar-refractivity contribution in [3.05, 3.63) is 64.4 Å². The lowest BCUT2D eigenvalue weighted by Gasteiger charge is -2.46. The highest BCUT2D eigenvalue weighted by molar-refractivity contribution is 6.22. The number of rotatable bonds is 7. The van der Waals surface area contributed by atoms with E-state index in [1.807, 2.05) is 25.1 Å². The van der Waals surface area contributed by atoms with Crippen LogP contribution in [0.4, 0.5) is 5.69 Å². The fourth-order valence-electron chi connectivity index (χ4n) is 6.44. The van der Waals surface area contributed by atoms with Crippen molar-refractivity contribution in [2.45, 2.75) is 37.7 Å². The molecule has 2 aromatic rings. The van der Waals surface area contributed by atoms with Crippen molar-refractivity contribution in [2.24, 2.45) is 17.6 Å². The van der Waals surface area contributed by atoms with E-state index in [1.165, 1.54) is 6.07 Å². The normalized spacial score (nSPS) is 23.4. The maximum atomic E-state index is 13.7. The average molecular weight is 576 g/mol. The summed E-state index contributed by atoms with van der Waals surface area (Å²) in [6, 6.07) is 10.2. The van der Waals surface area contributed by atoms with E-state index in [-0.39, 0.29) is 42.1 Å². The molecule has 0 unspecified atom stereocenters. The molecule has 42 heavy (non-hydrogen) atoms. The number of nitrogens with zero attached hydrogens (tertiary/aromatic N) is 1. The zero-order chi connectivity index (χ0) is 30.5. The molecule has 1 fully saturated rings. The molecule has 1 saturated carbocycles. The number of Topliss-reactive ketones (excluding diaryl/α,β-unsaturated/α-hetero) is 2. The summed E-state index contributed by atoms with van der Waals surface area (Å²) < 4.78 is 0. The Hall–Kier alpha value is -4.48. The molecule has 0 aliphatic heterocycles. The zero-order valence-corrected chi connectivity index (χ0v) is 23.3. The molecule has 3 aliphatic carbocycles. The lowest BCUT2D eigenvalue weighted by molar-refractivity contribution is -0.147. The second-order valence-corrected chi connectivity index (χ2v) is 11.4. The number of amides is 2. The van der Waals surface area contributed by atoms with Gasteiger partial charge in [-0.15, -0.1) is 0 Å². The highest BCUT2D eigenvalue weighted by atomic mass is 16.3. The number of nitrogens with two attached hydrogens (primary N) is 1. The van der Waals surface area contributed by atoms with Gasteiger partial charge in [0.25, 0.3) is 5.91 Å². The van der Waals surface area contributed by atoms with Crippen molar-refractivity contribution in [1.82, 2.24) is 4.90 Å². The number of anilines is 1. The lowest BCUT2D eigenvalue weighted by atomic mass is 9.59. The van der Waals surface area contributed by atoms with Crippen molar-refractivity contribution in [3.8, 4) is 16.9 Å². The number of fused-ring (bicyclic) bond motifs is 3. The van der Waals surface area contributed by atoms with E-state index in [2.05, 4.69) is 5.32 Å². The van der Waals surface area contributed by atoms with Crippen LogP contribution in [0.5, 0.6) is 5.75 Å². The third-order valence-corrected chi connectivity index (χ3v) is 8.41. The summed E-state index contributed by atoms with van der Waals surface area (Å²) in [5.74, 6) is -6.84. The molecule has 3 atom stereocenters. The summed E-state index contributed by atoms with van der Waals surface area (Å²) >= 11 is 0. The number of aromatic hydroxyl groups is 1. The molecule has 3 aliphatic rings. The number of primary amides is 1. The van der Waals surface area contributed by atoms with E-state index >= 15 is 0 Å². The summed E-state index contributed by atoms with van der Waals surface area (Å²) in [5.41, 5.74) is 4.10. The van der Waals surface area contributed by atoms with E-state index in [0.29, 0.717) is 35.2 Å². The fourth-order valence-corrected chi connectivity index (χ4v) is 6.44. The minimum atomic E-state index is -2.61. The molecular weight excluding hydrogens is 542 g/mol. The molecule has 2 aromatic carbocycles. The van der Waals surface area contributed by atoms with Gasteiger partial charge in [-0.1, -0.05) is 18.2 Å². The highest BCUT2D eigenvalue weighted by Gasteiger charge is 2.60. The van der Waals surface area contributed by atoms with Crippen molar-refractivity contribution in [3.63, 3.8) is 0 Å². The van der Waals surface area contributed by atoms with Crippen LogP contribution in [0, 0.1) is 11.8 Å². The van der Waals surface area contributed by atoms with Gasteiger partial charge in [-0.2, -0.15) is 0 Å². The molecule has 0 aromatic heterocycles. The van der Waals surface area contributed by atoms with E-state index in [9.17, 15) is 39.6 Å². The van der Waals surface area contributed by atoms with Gasteiger partial charge in [-0.05, 0) is 80.7 Å². The summed E-state index contributed by atoms with van der Waals surface area (Å²) in [6.07, 6.45) is 0.901. The number of ketones is 2. The molecule has 0 heterocycles. The highest BCUT2D eigenvalue weighted by Crippen LogP contribution is 2.53. The molecule has 0 radical (unpaired) electrons. The summed E-state index contributed by atoms with van der Waals surface area (Å²) in [5, 5.41) is 47.1. The van der Waals surface area contributed by atoms with Crippen LogP contribution in [0.3, 0.4) is 0 Å². The Morgan fingerprint density at radius 3 is 2.52 bits per heavy atom. The molecular formula is C31H33N3O8. The van der Waals surface area contributed by atoms with Gasteiger partial charge in [0.05, 0.1) is 5.56 Å². The van der Waals surface area contributed by atoms with Gasteiger partial charge < -0.3 is 36.4 Å². The Bertz CT molecular complexity index is 1590. The SMILES string of the molecule is CN(C)CCCC(=O)Nc1cccc(-c2ccc(O)c3c2C[C@H]2C[C@H]4CC(=O)C(C(N)=O)=C(O)[C@@]4(O)C(=O)C2=C3O)c1. The molecule has 7 N–H and O–H groups in total. The number of nitrogens with one attached hydrogen (secondary N) is 1. The van der Waals surface area contributed by atoms with Crippen LogP contribution in [0.25, 0.3) is 16.9 Å². The van der Waals surface area contributed by atoms with E-state index < -0.39 is 52.0 Å². The zero-order valence-electron chi connectivity index (χ0n) is 23.3. The van der Waals surface area contributed by atoms with Gasteiger partial charge in [0.15, 0.2) is 11.4 Å². The Balaban J connectivity index is 1.53. The smallest absolute Gasteiger partial charge is 0.255 e. The van der Waals surface area contributed by atoms with Crippen molar-refractivity contribution >= 4 is 34.8 Å². The number of benzene rings is 2. The summed E-state index contributed by atoms with van der Waals surface area (Å²) in [4.78, 5) is 52.6. The van der Waals surface area contributed by atoms with Gasteiger partial charge in [0, 0.05) is 30.0 Å². The number of aliphatic hydroxyl groups excluding tert-OH is 2. The Kier molecular flexibility index (Phi) is 7.42. The predicted octanol–water partition coefficient (Wildman–Crippen LogP) is 2.37. The number of phenols is 1. The van der Waals surface area contributed by atoms with Crippen LogP contribution < -0.4 is 11.1 Å². The number of hydrogen-bond donors (Lipinski definition) is 6. The minimum absolute atomic E-state index is 0.0118. The van der Waals surface area contributed by atoms with Crippen LogP contribution in [-0.2, 0) is 25.6 Å². The Morgan fingerprint density at radius 2 is 1.83 bits per heavy atom. The Morgan fingerprint density at radius 1 is 1.10 bits per heavy atom. The first-order valence-corrected chi connectivity index (χ1v) is 13.7. The minimum Gasteiger partial charge on any atom is -0.508 e. The summed E-state index contributed by atoms with van der Waals surface area (Å²) in [6.45, 7) is 0.782. The maximum Gasteiger partial charge on any atom is 0.255 e.